The van der Waals surface area contributed by atoms with Crippen LogP contribution in [-0.2, 0) is 12.2 Å². The summed E-state index contributed by atoms with van der Waals surface area (Å²) < 4.78 is 1.91. The van der Waals surface area contributed by atoms with Crippen molar-refractivity contribution in [2.75, 3.05) is 0 Å². The van der Waals surface area contributed by atoms with E-state index in [2.05, 4.69) is 47.6 Å². The number of unbranched alkanes of at least 4 members (excludes halogenated alkanes) is 3. The Bertz CT molecular complexity index is 1400. The normalized spacial score (nSPS) is 11.9. The lowest BCUT2D eigenvalue weighted by Gasteiger charge is -2.17. The molecule has 1 heterocycles. The molecule has 1 amide bonds. The Balaban J connectivity index is 1.53. The van der Waals surface area contributed by atoms with Gasteiger partial charge in [0.2, 0.25) is 0 Å². The molecule has 0 radical (unpaired) electrons. The topological polar surface area (TPSA) is 59.8 Å². The molecular weight excluding hydrogens is 547 g/mol. The second kappa shape index (κ2) is 14.0. The summed E-state index contributed by atoms with van der Waals surface area (Å²) in [5, 5.41) is 13.8. The molecule has 39 heavy (non-hydrogen) atoms. The first-order valence-corrected chi connectivity index (χ1v) is 15.1. The molecule has 0 saturated carbocycles. The lowest BCUT2D eigenvalue weighted by Crippen LogP contribution is -2.28. The van der Waals surface area contributed by atoms with Gasteiger partial charge < -0.3 is 5.32 Å². The molecule has 1 atom stereocenters. The summed E-state index contributed by atoms with van der Waals surface area (Å²) in [6.07, 6.45) is 5.92. The van der Waals surface area contributed by atoms with Crippen LogP contribution in [0.1, 0.15) is 78.4 Å². The van der Waals surface area contributed by atoms with Crippen LogP contribution in [0.4, 0.5) is 0 Å². The molecule has 8 heteroatoms. The Morgan fingerprint density at radius 3 is 2.49 bits per heavy atom. The minimum absolute atomic E-state index is 0.161. The predicted molar refractivity (Wildman–Crippen MR) is 162 cm³/mol. The maximum atomic E-state index is 13.1. The van der Waals surface area contributed by atoms with Crippen LogP contribution in [0.2, 0.25) is 10.0 Å². The maximum absolute atomic E-state index is 13.1. The SMILES string of the molecule is CCCCCCc1ccc(C(=O)NC(C)c2nnc(SCc3cccc(C)c3)n2-c2ccc(Cl)cc2Cl)cc1. The molecule has 1 aromatic heterocycles. The number of carbonyl (C=O) groups is 1. The molecule has 4 aromatic rings. The van der Waals surface area contributed by atoms with Gasteiger partial charge in [-0.1, -0.05) is 103 Å². The molecule has 0 aliphatic rings. The summed E-state index contributed by atoms with van der Waals surface area (Å²) in [6.45, 7) is 6.19. The van der Waals surface area contributed by atoms with Crippen LogP contribution in [0, 0.1) is 6.92 Å². The number of thioether (sulfide) groups is 1. The van der Waals surface area contributed by atoms with Gasteiger partial charge in [0, 0.05) is 16.3 Å². The van der Waals surface area contributed by atoms with Gasteiger partial charge in [-0.3, -0.25) is 9.36 Å². The molecule has 5 nitrogen and oxygen atoms in total. The molecule has 0 aliphatic heterocycles. The highest BCUT2D eigenvalue weighted by molar-refractivity contribution is 7.98. The third kappa shape index (κ3) is 7.87. The van der Waals surface area contributed by atoms with Crippen molar-refractivity contribution < 1.29 is 4.79 Å². The first kappa shape index (κ1) is 29.2. The summed E-state index contributed by atoms with van der Waals surface area (Å²) >= 11 is 14.4. The van der Waals surface area contributed by atoms with Crippen LogP contribution in [-0.4, -0.2) is 20.7 Å². The number of halogens is 2. The van der Waals surface area contributed by atoms with E-state index in [-0.39, 0.29) is 5.91 Å². The minimum Gasteiger partial charge on any atom is -0.342 e. The van der Waals surface area contributed by atoms with Crippen molar-refractivity contribution in [1.82, 2.24) is 20.1 Å². The average molecular weight is 582 g/mol. The third-order valence-corrected chi connectivity index (χ3v) is 8.07. The Kier molecular flexibility index (Phi) is 10.5. The number of carbonyl (C=O) groups excluding carboxylic acids is 1. The summed E-state index contributed by atoms with van der Waals surface area (Å²) in [4.78, 5) is 13.1. The molecule has 0 aliphatic carbocycles. The van der Waals surface area contributed by atoms with E-state index in [1.165, 1.54) is 42.4 Å². The molecule has 0 bridgehead atoms. The lowest BCUT2D eigenvalue weighted by molar-refractivity contribution is 0.0938. The monoisotopic (exact) mass is 580 g/mol. The number of nitrogens with one attached hydrogen (secondary N) is 1. The van der Waals surface area contributed by atoms with Crippen LogP contribution in [0.15, 0.2) is 71.9 Å². The number of rotatable bonds is 12. The molecule has 0 spiro atoms. The van der Waals surface area contributed by atoms with Gasteiger partial charge >= 0.3 is 0 Å². The van der Waals surface area contributed by atoms with E-state index in [0.717, 1.165) is 12.2 Å². The first-order chi connectivity index (χ1) is 18.9. The van der Waals surface area contributed by atoms with Crippen molar-refractivity contribution in [3.8, 4) is 5.69 Å². The Labute approximate surface area is 245 Å². The van der Waals surface area contributed by atoms with Crippen molar-refractivity contribution >= 4 is 40.9 Å². The van der Waals surface area contributed by atoms with E-state index in [1.807, 2.05) is 47.9 Å². The average Bonchev–Trinajstić information content (AvgIpc) is 3.34. The molecule has 4 rings (SSSR count). The number of aryl methyl sites for hydroxylation is 2. The van der Waals surface area contributed by atoms with Crippen LogP contribution in [0.3, 0.4) is 0 Å². The third-order valence-electron chi connectivity index (χ3n) is 6.53. The minimum atomic E-state index is -0.418. The zero-order valence-corrected chi connectivity index (χ0v) is 24.9. The molecule has 204 valence electrons. The standard InChI is InChI=1S/C31H34Cl2N4OS/c1-4-5-6-7-10-23-12-14-25(15-13-23)30(38)34-22(3)29-35-36-31(39-20-24-11-8-9-21(2)18-24)37(29)28-17-16-26(32)19-27(28)33/h8-9,11-19,22H,4-7,10,20H2,1-3H3,(H,34,38). The summed E-state index contributed by atoms with van der Waals surface area (Å²) in [5.41, 5.74) is 4.97. The fourth-order valence-electron chi connectivity index (χ4n) is 4.42. The molecular formula is C31H34Cl2N4OS. The van der Waals surface area contributed by atoms with Gasteiger partial charge in [-0.2, -0.15) is 0 Å². The summed E-state index contributed by atoms with van der Waals surface area (Å²) in [7, 11) is 0. The van der Waals surface area contributed by atoms with Gasteiger partial charge in [-0.25, -0.2) is 0 Å². The predicted octanol–water partition coefficient (Wildman–Crippen LogP) is 8.79. The highest BCUT2D eigenvalue weighted by atomic mass is 35.5. The number of aromatic nitrogens is 3. The highest BCUT2D eigenvalue weighted by Gasteiger charge is 2.23. The van der Waals surface area contributed by atoms with E-state index in [0.29, 0.717) is 32.3 Å². The number of nitrogens with zero attached hydrogens (tertiary/aromatic N) is 3. The largest absolute Gasteiger partial charge is 0.342 e. The number of amides is 1. The fourth-order valence-corrected chi connectivity index (χ4v) is 5.81. The van der Waals surface area contributed by atoms with Crippen LogP contribution in [0.25, 0.3) is 5.69 Å². The van der Waals surface area contributed by atoms with Crippen LogP contribution in [0.5, 0.6) is 0 Å². The van der Waals surface area contributed by atoms with Crippen molar-refractivity contribution in [2.45, 2.75) is 69.8 Å². The van der Waals surface area contributed by atoms with Gasteiger partial charge in [0.25, 0.3) is 5.91 Å². The molecule has 1 N–H and O–H groups in total. The van der Waals surface area contributed by atoms with Gasteiger partial charge in [0.1, 0.15) is 0 Å². The molecule has 0 fully saturated rings. The first-order valence-electron chi connectivity index (χ1n) is 13.3. The Morgan fingerprint density at radius 1 is 0.974 bits per heavy atom. The maximum Gasteiger partial charge on any atom is 0.251 e. The second-order valence-electron chi connectivity index (χ2n) is 9.75. The molecule has 3 aromatic carbocycles. The van der Waals surface area contributed by atoms with E-state index in [4.69, 9.17) is 23.2 Å². The number of hydrogen-bond acceptors (Lipinski definition) is 4. The Hall–Kier alpha value is -2.80. The summed E-state index contributed by atoms with van der Waals surface area (Å²) in [6, 6.07) is 21.2. The van der Waals surface area contributed by atoms with E-state index < -0.39 is 6.04 Å². The second-order valence-corrected chi connectivity index (χ2v) is 11.5. The Morgan fingerprint density at radius 2 is 1.77 bits per heavy atom. The number of hydrogen-bond donors (Lipinski definition) is 1. The smallest absolute Gasteiger partial charge is 0.251 e. The van der Waals surface area contributed by atoms with E-state index in [9.17, 15) is 4.79 Å². The molecule has 1 unspecified atom stereocenters. The van der Waals surface area contributed by atoms with Crippen molar-refractivity contribution in [3.05, 3.63) is 105 Å². The zero-order valence-electron chi connectivity index (χ0n) is 22.6. The molecule has 0 saturated heterocycles. The quantitative estimate of drug-likeness (QED) is 0.134. The van der Waals surface area contributed by atoms with Gasteiger partial charge in [-0.05, 0) is 68.1 Å². The van der Waals surface area contributed by atoms with Gasteiger partial charge in [0.05, 0.1) is 16.8 Å². The zero-order chi connectivity index (χ0) is 27.8. The number of benzene rings is 3. The highest BCUT2D eigenvalue weighted by Crippen LogP contribution is 2.32. The van der Waals surface area contributed by atoms with Crippen molar-refractivity contribution in [2.24, 2.45) is 0 Å². The van der Waals surface area contributed by atoms with Gasteiger partial charge in [0.15, 0.2) is 11.0 Å². The fraction of sp³-hybridized carbons (Fsp3) is 0.323. The van der Waals surface area contributed by atoms with Crippen LogP contribution < -0.4 is 5.32 Å². The van der Waals surface area contributed by atoms with E-state index in [1.54, 1.807) is 23.9 Å². The van der Waals surface area contributed by atoms with E-state index >= 15 is 0 Å². The van der Waals surface area contributed by atoms with Gasteiger partial charge in [-0.15, -0.1) is 10.2 Å². The van der Waals surface area contributed by atoms with Crippen molar-refractivity contribution in [3.63, 3.8) is 0 Å². The lowest BCUT2D eigenvalue weighted by atomic mass is 10.0. The van der Waals surface area contributed by atoms with Crippen LogP contribution >= 0.6 is 35.0 Å². The summed E-state index contributed by atoms with van der Waals surface area (Å²) in [5.74, 6) is 1.15. The van der Waals surface area contributed by atoms with Crippen molar-refractivity contribution in [1.29, 1.82) is 0 Å².